The number of nitriles is 1. The average Bonchev–Trinajstić information content (AvgIpc) is 2.29. The zero-order chi connectivity index (χ0) is 13.8. The zero-order valence-corrected chi connectivity index (χ0v) is 12.0. The largest absolute Gasteiger partial charge is 0.279 e. The number of hydrogen-bond acceptors (Lipinski definition) is 4. The van der Waals surface area contributed by atoms with Gasteiger partial charge in [0.2, 0.25) is 0 Å². The van der Waals surface area contributed by atoms with Crippen molar-refractivity contribution in [3.05, 3.63) is 39.6 Å². The maximum absolute atomic E-state index is 11.9. The highest BCUT2D eigenvalue weighted by atomic mass is 32.2. The van der Waals surface area contributed by atoms with Crippen molar-refractivity contribution in [3.8, 4) is 6.07 Å². The van der Waals surface area contributed by atoms with E-state index in [-0.39, 0.29) is 4.91 Å². The average molecular weight is 282 g/mol. The molecule has 1 aromatic carbocycles. The Morgan fingerprint density at radius 2 is 2.11 bits per heavy atom. The van der Waals surface area contributed by atoms with Gasteiger partial charge in [-0.1, -0.05) is 17.7 Å². The number of anilines is 1. The lowest BCUT2D eigenvalue weighted by Crippen LogP contribution is -2.14. The number of hydrogen-bond donors (Lipinski definition) is 1. The van der Waals surface area contributed by atoms with E-state index in [0.717, 1.165) is 11.1 Å². The molecular formula is C12H14N2O2S2. The Hall–Kier alpha value is -1.45. The minimum atomic E-state index is -3.79. The van der Waals surface area contributed by atoms with Gasteiger partial charge in [0.1, 0.15) is 6.07 Å². The number of thioether (sulfide) groups is 1. The van der Waals surface area contributed by atoms with Crippen LogP contribution < -0.4 is 4.72 Å². The van der Waals surface area contributed by atoms with E-state index >= 15 is 0 Å². The second-order valence-corrected chi connectivity index (χ2v) is 6.11. The van der Waals surface area contributed by atoms with Crippen molar-refractivity contribution < 1.29 is 8.42 Å². The third-order valence-electron chi connectivity index (χ3n) is 2.25. The van der Waals surface area contributed by atoms with Gasteiger partial charge in [-0.3, -0.25) is 4.72 Å². The quantitative estimate of drug-likeness (QED) is 0.862. The molecule has 0 aliphatic rings. The molecule has 0 heterocycles. The topological polar surface area (TPSA) is 70.0 Å². The van der Waals surface area contributed by atoms with Gasteiger partial charge in [0.05, 0.1) is 5.69 Å². The third kappa shape index (κ3) is 3.52. The second-order valence-electron chi connectivity index (χ2n) is 3.75. The highest BCUT2D eigenvalue weighted by Gasteiger charge is 2.18. The lowest BCUT2D eigenvalue weighted by atomic mass is 10.1. The van der Waals surface area contributed by atoms with Crippen LogP contribution in [0.2, 0.25) is 0 Å². The molecule has 1 aromatic rings. The van der Waals surface area contributed by atoms with Crippen LogP contribution in [-0.2, 0) is 10.0 Å². The number of allylic oxidation sites excluding steroid dienone is 1. The summed E-state index contributed by atoms with van der Waals surface area (Å²) in [6.07, 6.45) is 1.70. The number of sulfonamides is 1. The predicted molar refractivity (Wildman–Crippen MR) is 75.7 cm³/mol. The van der Waals surface area contributed by atoms with Crippen LogP contribution in [0.1, 0.15) is 11.1 Å². The zero-order valence-electron chi connectivity index (χ0n) is 10.4. The van der Waals surface area contributed by atoms with Crippen LogP contribution in [0.5, 0.6) is 0 Å². The van der Waals surface area contributed by atoms with Crippen molar-refractivity contribution in [1.82, 2.24) is 0 Å². The van der Waals surface area contributed by atoms with Crippen molar-refractivity contribution in [1.29, 1.82) is 5.26 Å². The van der Waals surface area contributed by atoms with Crippen LogP contribution in [0.4, 0.5) is 5.69 Å². The van der Waals surface area contributed by atoms with Crippen LogP contribution in [0, 0.1) is 25.2 Å². The van der Waals surface area contributed by atoms with E-state index in [1.54, 1.807) is 18.4 Å². The van der Waals surface area contributed by atoms with Crippen molar-refractivity contribution in [2.24, 2.45) is 0 Å². The van der Waals surface area contributed by atoms with E-state index in [9.17, 15) is 8.42 Å². The molecule has 0 amide bonds. The fraction of sp³-hybridized carbons (Fsp3) is 0.250. The number of aryl methyl sites for hydroxylation is 2. The van der Waals surface area contributed by atoms with Gasteiger partial charge in [-0.25, -0.2) is 8.42 Å². The highest BCUT2D eigenvalue weighted by Crippen LogP contribution is 2.20. The molecule has 0 unspecified atom stereocenters. The van der Waals surface area contributed by atoms with E-state index in [1.165, 1.54) is 17.2 Å². The summed E-state index contributed by atoms with van der Waals surface area (Å²) >= 11 is 1.17. The molecule has 96 valence electrons. The Balaban J connectivity index is 3.11. The van der Waals surface area contributed by atoms with Gasteiger partial charge >= 0.3 is 0 Å². The van der Waals surface area contributed by atoms with Crippen LogP contribution in [0.25, 0.3) is 0 Å². The fourth-order valence-electron chi connectivity index (χ4n) is 1.38. The van der Waals surface area contributed by atoms with Crippen LogP contribution in [-0.4, -0.2) is 14.7 Å². The molecule has 0 aliphatic carbocycles. The summed E-state index contributed by atoms with van der Waals surface area (Å²) in [5.74, 6) is 0. The third-order valence-corrected chi connectivity index (χ3v) is 4.15. The molecule has 0 saturated carbocycles. The summed E-state index contributed by atoms with van der Waals surface area (Å²) in [4.78, 5) is -0.282. The maximum Gasteiger partial charge on any atom is 0.272 e. The minimum absolute atomic E-state index is 0.282. The molecule has 4 nitrogen and oxygen atoms in total. The Morgan fingerprint density at radius 1 is 1.44 bits per heavy atom. The van der Waals surface area contributed by atoms with E-state index in [2.05, 4.69) is 4.72 Å². The molecule has 1 N–H and O–H groups in total. The summed E-state index contributed by atoms with van der Waals surface area (Å²) < 4.78 is 26.3. The van der Waals surface area contributed by atoms with Gasteiger partial charge in [0.25, 0.3) is 10.0 Å². The summed E-state index contributed by atoms with van der Waals surface area (Å²) in [7, 11) is -3.79. The Labute approximate surface area is 112 Å². The summed E-state index contributed by atoms with van der Waals surface area (Å²) in [6.45, 7) is 3.74. The molecule has 1 rings (SSSR count). The molecule has 0 spiro atoms. The molecule has 18 heavy (non-hydrogen) atoms. The monoisotopic (exact) mass is 282 g/mol. The smallest absolute Gasteiger partial charge is 0.272 e. The standard InChI is InChI=1S/C12H14N2O2S2/c1-9-4-5-12(10(2)6-9)14-18(15,16)11(7-13)8-17-3/h4-6,8,14H,1-3H3. The predicted octanol–water partition coefficient (Wildman–Crippen LogP) is 2.77. The van der Waals surface area contributed by atoms with Gasteiger partial charge in [0.15, 0.2) is 4.91 Å². The first-order valence-electron chi connectivity index (χ1n) is 5.14. The first-order valence-corrected chi connectivity index (χ1v) is 7.91. The normalized spacial score (nSPS) is 12.0. The van der Waals surface area contributed by atoms with E-state index < -0.39 is 10.0 Å². The molecule has 0 aliphatic heterocycles. The molecule has 0 radical (unpaired) electrons. The highest BCUT2D eigenvalue weighted by molar-refractivity contribution is 8.03. The SMILES string of the molecule is CSC=C(C#N)S(=O)(=O)Nc1ccc(C)cc1C. The number of nitrogens with one attached hydrogen (secondary N) is 1. The Kier molecular flexibility index (Phi) is 4.82. The first-order chi connectivity index (χ1) is 8.40. The van der Waals surface area contributed by atoms with Crippen molar-refractivity contribution in [2.75, 3.05) is 11.0 Å². The van der Waals surface area contributed by atoms with Gasteiger partial charge < -0.3 is 0 Å². The summed E-state index contributed by atoms with van der Waals surface area (Å²) in [5, 5.41) is 10.1. The van der Waals surface area contributed by atoms with Crippen molar-refractivity contribution in [2.45, 2.75) is 13.8 Å². The fourth-order valence-corrected chi connectivity index (χ4v) is 3.20. The summed E-state index contributed by atoms with van der Waals surface area (Å²) in [6, 6.07) is 7.07. The van der Waals surface area contributed by atoms with E-state index in [0.29, 0.717) is 5.69 Å². The maximum atomic E-state index is 11.9. The number of nitrogens with zero attached hydrogens (tertiary/aromatic N) is 1. The van der Waals surface area contributed by atoms with Gasteiger partial charge in [-0.2, -0.15) is 5.26 Å². The summed E-state index contributed by atoms with van der Waals surface area (Å²) in [5.41, 5.74) is 2.36. The van der Waals surface area contributed by atoms with E-state index in [1.807, 2.05) is 26.0 Å². The molecular weight excluding hydrogens is 268 g/mol. The van der Waals surface area contributed by atoms with Crippen molar-refractivity contribution in [3.63, 3.8) is 0 Å². The second kappa shape index (κ2) is 5.94. The molecule has 0 fully saturated rings. The number of benzene rings is 1. The van der Waals surface area contributed by atoms with Crippen molar-refractivity contribution >= 4 is 27.5 Å². The van der Waals surface area contributed by atoms with Crippen LogP contribution in [0.3, 0.4) is 0 Å². The minimum Gasteiger partial charge on any atom is -0.279 e. The van der Waals surface area contributed by atoms with Crippen LogP contribution in [0.15, 0.2) is 28.5 Å². The molecule has 0 bridgehead atoms. The van der Waals surface area contributed by atoms with Crippen LogP contribution >= 0.6 is 11.8 Å². The van der Waals surface area contributed by atoms with Gasteiger partial charge in [0, 0.05) is 5.41 Å². The molecule has 0 aromatic heterocycles. The molecule has 6 heteroatoms. The van der Waals surface area contributed by atoms with E-state index in [4.69, 9.17) is 5.26 Å². The van der Waals surface area contributed by atoms with Gasteiger partial charge in [-0.05, 0) is 31.7 Å². The van der Waals surface area contributed by atoms with Gasteiger partial charge in [-0.15, -0.1) is 11.8 Å². The molecule has 0 saturated heterocycles. The first kappa shape index (κ1) is 14.6. The molecule has 0 atom stereocenters. The Morgan fingerprint density at radius 3 is 2.61 bits per heavy atom. The number of rotatable bonds is 4. The Bertz CT molecular complexity index is 613. The lowest BCUT2D eigenvalue weighted by molar-refractivity contribution is 0.608. The lowest BCUT2D eigenvalue weighted by Gasteiger charge is -2.10.